The average molecular weight is 243 g/mol. The molecule has 0 heterocycles. The molecule has 0 saturated heterocycles. The van der Waals surface area contributed by atoms with Gasteiger partial charge in [-0.3, -0.25) is 4.79 Å². The van der Waals surface area contributed by atoms with Gasteiger partial charge in [-0.2, -0.15) is 0 Å². The summed E-state index contributed by atoms with van der Waals surface area (Å²) >= 11 is 0. The van der Waals surface area contributed by atoms with E-state index in [-0.39, 0.29) is 24.4 Å². The first-order valence-corrected chi connectivity index (χ1v) is 5.35. The summed E-state index contributed by atoms with van der Waals surface area (Å²) < 4.78 is 26.0. The van der Waals surface area contributed by atoms with Crippen molar-refractivity contribution in [2.45, 2.75) is 19.9 Å². The Balaban J connectivity index is 2.40. The van der Waals surface area contributed by atoms with Crippen molar-refractivity contribution in [2.75, 3.05) is 6.54 Å². The van der Waals surface area contributed by atoms with Crippen molar-refractivity contribution in [3.8, 4) is 0 Å². The van der Waals surface area contributed by atoms with E-state index in [1.807, 2.05) is 0 Å². The first-order chi connectivity index (χ1) is 7.99. The maximum atomic E-state index is 13.2. The molecule has 1 aromatic rings. The van der Waals surface area contributed by atoms with Gasteiger partial charge in [0.1, 0.15) is 11.6 Å². The van der Waals surface area contributed by atoms with E-state index < -0.39 is 17.6 Å². The van der Waals surface area contributed by atoms with E-state index >= 15 is 0 Å². The van der Waals surface area contributed by atoms with Crippen molar-refractivity contribution in [2.24, 2.45) is 5.92 Å². The van der Waals surface area contributed by atoms with E-state index in [9.17, 15) is 13.6 Å². The molecule has 0 aliphatic rings. The van der Waals surface area contributed by atoms with E-state index in [0.29, 0.717) is 6.54 Å². The zero-order chi connectivity index (χ0) is 12.8. The Kier molecular flexibility index (Phi) is 5.03. The van der Waals surface area contributed by atoms with Crippen LogP contribution in [0.4, 0.5) is 8.78 Å². The quantitative estimate of drug-likeness (QED) is 0.805. The molecule has 0 fully saturated rings. The standard InChI is InChI=1S/C12H15F2NO2/c1-8(4-12(16)17)6-15-7-9-5-10(13)2-3-11(9)14/h2-3,5,8,15H,4,6-7H2,1H3,(H,16,17). The summed E-state index contributed by atoms with van der Waals surface area (Å²) in [7, 11) is 0. The Bertz CT molecular complexity index is 396. The van der Waals surface area contributed by atoms with Crippen LogP contribution >= 0.6 is 0 Å². The van der Waals surface area contributed by atoms with Crippen molar-refractivity contribution >= 4 is 5.97 Å². The molecule has 0 saturated carbocycles. The molecule has 5 heteroatoms. The van der Waals surface area contributed by atoms with Crippen LogP contribution in [0.2, 0.25) is 0 Å². The third-order valence-electron chi connectivity index (χ3n) is 2.34. The number of benzene rings is 1. The van der Waals surface area contributed by atoms with Crippen LogP contribution in [-0.4, -0.2) is 17.6 Å². The van der Waals surface area contributed by atoms with Gasteiger partial charge in [-0.15, -0.1) is 0 Å². The van der Waals surface area contributed by atoms with Crippen molar-refractivity contribution in [1.82, 2.24) is 5.32 Å². The van der Waals surface area contributed by atoms with E-state index in [4.69, 9.17) is 5.11 Å². The van der Waals surface area contributed by atoms with Gasteiger partial charge in [0.25, 0.3) is 0 Å². The molecule has 0 aromatic heterocycles. The molecular weight excluding hydrogens is 228 g/mol. The van der Waals surface area contributed by atoms with Crippen LogP contribution in [0.1, 0.15) is 18.9 Å². The highest BCUT2D eigenvalue weighted by atomic mass is 19.1. The number of rotatable bonds is 6. The number of aliphatic carboxylic acids is 1. The van der Waals surface area contributed by atoms with Gasteiger partial charge in [-0.25, -0.2) is 8.78 Å². The Morgan fingerprint density at radius 3 is 2.82 bits per heavy atom. The van der Waals surface area contributed by atoms with E-state index in [1.165, 1.54) is 0 Å². The van der Waals surface area contributed by atoms with Gasteiger partial charge < -0.3 is 10.4 Å². The predicted molar refractivity (Wildman–Crippen MR) is 59.5 cm³/mol. The number of carbonyl (C=O) groups is 1. The molecule has 0 bridgehead atoms. The summed E-state index contributed by atoms with van der Waals surface area (Å²) in [6.45, 7) is 2.42. The maximum Gasteiger partial charge on any atom is 0.303 e. The Hall–Kier alpha value is -1.49. The number of carboxylic acid groups (broad SMARTS) is 1. The molecule has 0 amide bonds. The summed E-state index contributed by atoms with van der Waals surface area (Å²) in [5, 5.41) is 11.4. The maximum absolute atomic E-state index is 13.2. The highest BCUT2D eigenvalue weighted by Gasteiger charge is 2.08. The van der Waals surface area contributed by atoms with Crippen LogP contribution < -0.4 is 5.32 Å². The number of carboxylic acids is 1. The number of hydrogen-bond acceptors (Lipinski definition) is 2. The number of halogens is 2. The largest absolute Gasteiger partial charge is 0.481 e. The molecule has 0 aliphatic heterocycles. The fourth-order valence-electron chi connectivity index (χ4n) is 1.50. The lowest BCUT2D eigenvalue weighted by atomic mass is 10.1. The predicted octanol–water partition coefficient (Wildman–Crippen LogP) is 2.17. The third-order valence-corrected chi connectivity index (χ3v) is 2.34. The summed E-state index contributed by atoms with van der Waals surface area (Å²) in [4.78, 5) is 10.4. The Morgan fingerprint density at radius 1 is 1.47 bits per heavy atom. The highest BCUT2D eigenvalue weighted by Crippen LogP contribution is 2.09. The molecule has 3 nitrogen and oxygen atoms in total. The van der Waals surface area contributed by atoms with Gasteiger partial charge in [-0.05, 0) is 30.7 Å². The van der Waals surface area contributed by atoms with E-state index in [2.05, 4.69) is 5.32 Å². The molecule has 2 N–H and O–H groups in total. The molecule has 1 rings (SSSR count). The second kappa shape index (κ2) is 6.30. The molecular formula is C12H15F2NO2. The highest BCUT2D eigenvalue weighted by molar-refractivity contribution is 5.66. The summed E-state index contributed by atoms with van der Waals surface area (Å²) in [5.74, 6) is -1.87. The fourth-order valence-corrected chi connectivity index (χ4v) is 1.50. The van der Waals surface area contributed by atoms with Crippen LogP contribution in [0.3, 0.4) is 0 Å². The second-order valence-electron chi connectivity index (χ2n) is 4.07. The zero-order valence-electron chi connectivity index (χ0n) is 9.54. The van der Waals surface area contributed by atoms with Crippen molar-refractivity contribution in [3.63, 3.8) is 0 Å². The molecule has 1 unspecified atom stereocenters. The first kappa shape index (κ1) is 13.6. The minimum atomic E-state index is -0.865. The van der Waals surface area contributed by atoms with E-state index in [0.717, 1.165) is 18.2 Å². The monoisotopic (exact) mass is 243 g/mol. The molecule has 1 atom stereocenters. The van der Waals surface area contributed by atoms with Crippen LogP contribution in [-0.2, 0) is 11.3 Å². The van der Waals surface area contributed by atoms with Gasteiger partial charge in [-0.1, -0.05) is 6.92 Å². The minimum Gasteiger partial charge on any atom is -0.481 e. The Morgan fingerprint density at radius 2 is 2.18 bits per heavy atom. The lowest BCUT2D eigenvalue weighted by molar-refractivity contribution is -0.137. The van der Waals surface area contributed by atoms with Crippen molar-refractivity contribution < 1.29 is 18.7 Å². The van der Waals surface area contributed by atoms with Crippen molar-refractivity contribution in [1.29, 1.82) is 0 Å². The molecule has 0 radical (unpaired) electrons. The van der Waals surface area contributed by atoms with Gasteiger partial charge in [0.2, 0.25) is 0 Å². The number of hydrogen-bond donors (Lipinski definition) is 2. The lowest BCUT2D eigenvalue weighted by Gasteiger charge is -2.10. The topological polar surface area (TPSA) is 49.3 Å². The SMILES string of the molecule is CC(CNCc1cc(F)ccc1F)CC(=O)O. The fraction of sp³-hybridized carbons (Fsp3) is 0.417. The number of nitrogens with one attached hydrogen (secondary N) is 1. The minimum absolute atomic E-state index is 0.0517. The van der Waals surface area contributed by atoms with Crippen molar-refractivity contribution in [3.05, 3.63) is 35.4 Å². The molecule has 0 aliphatic carbocycles. The van der Waals surface area contributed by atoms with Gasteiger partial charge in [0.05, 0.1) is 0 Å². The smallest absolute Gasteiger partial charge is 0.303 e. The lowest BCUT2D eigenvalue weighted by Crippen LogP contribution is -2.23. The van der Waals surface area contributed by atoms with Gasteiger partial charge in [0.15, 0.2) is 0 Å². The summed E-state index contributed by atoms with van der Waals surface area (Å²) in [6.07, 6.45) is 0.0542. The van der Waals surface area contributed by atoms with Crippen LogP contribution in [0.25, 0.3) is 0 Å². The molecule has 0 spiro atoms. The van der Waals surface area contributed by atoms with Gasteiger partial charge >= 0.3 is 5.97 Å². The van der Waals surface area contributed by atoms with Crippen LogP contribution in [0.5, 0.6) is 0 Å². The van der Waals surface area contributed by atoms with Crippen LogP contribution in [0, 0.1) is 17.6 Å². The summed E-state index contributed by atoms with van der Waals surface area (Å²) in [5.41, 5.74) is 0.243. The average Bonchev–Trinajstić information content (AvgIpc) is 2.22. The van der Waals surface area contributed by atoms with Gasteiger partial charge in [0, 0.05) is 18.5 Å². The first-order valence-electron chi connectivity index (χ1n) is 5.35. The van der Waals surface area contributed by atoms with Crippen LogP contribution in [0.15, 0.2) is 18.2 Å². The molecule has 1 aromatic carbocycles. The second-order valence-corrected chi connectivity index (χ2v) is 4.07. The summed E-state index contributed by atoms with van der Waals surface area (Å²) in [6, 6.07) is 3.27. The van der Waals surface area contributed by atoms with E-state index in [1.54, 1.807) is 6.92 Å². The zero-order valence-corrected chi connectivity index (χ0v) is 9.54. The Labute approximate surface area is 98.5 Å². The third kappa shape index (κ3) is 4.91. The molecule has 17 heavy (non-hydrogen) atoms. The normalized spacial score (nSPS) is 12.4. The molecule has 94 valence electrons.